The highest BCUT2D eigenvalue weighted by Gasteiger charge is 2.61. The lowest BCUT2D eigenvalue weighted by Gasteiger charge is -2.35. The lowest BCUT2D eigenvalue weighted by Crippen LogP contribution is -2.48. The van der Waals surface area contributed by atoms with Gasteiger partial charge in [-0.3, -0.25) is 24.1 Å². The highest BCUT2D eigenvalue weighted by Crippen LogP contribution is 2.57. The van der Waals surface area contributed by atoms with Gasteiger partial charge in [0, 0.05) is 43.9 Å². The summed E-state index contributed by atoms with van der Waals surface area (Å²) in [5, 5.41) is 11.1. The van der Waals surface area contributed by atoms with Crippen molar-refractivity contribution in [2.75, 3.05) is 46.0 Å². The van der Waals surface area contributed by atoms with Crippen LogP contribution in [0.25, 0.3) is 10.9 Å². The molecule has 14 heteroatoms. The molecule has 0 spiro atoms. The molecule has 3 aliphatic carbocycles. The average Bonchev–Trinajstić information content (AvgIpc) is 3.98. The second-order valence-electron chi connectivity index (χ2n) is 18.3. The Morgan fingerprint density at radius 3 is 2.43 bits per heavy atom. The van der Waals surface area contributed by atoms with E-state index in [0.717, 1.165) is 25.9 Å². The molecular formula is C44H58ClN3O10. The van der Waals surface area contributed by atoms with Crippen molar-refractivity contribution in [3.05, 3.63) is 35.9 Å². The Hall–Kier alpha value is -3.94. The standard InChI is InChI=1S/C44H58ClN3O10/c1-7-28-22-44(28,42(52)53)23-34(49)33-19-30(24-48(33)41(51)32(43(4,5)6)20-38(50)58-29-17-26-16-27(26)18-29)57-36-21-37(56-25(2)3)46-40-31(36)8-9-35(39(40)45)55-15-12-47-10-13-54-14-11-47/h7-9,21,25-30,32-33H,1,10-20,22-24H2,2-6H3,(H,52,53)/t26-,27+,28-,29?,30-,32-,33+,44-/m1/s1. The third-order valence-electron chi connectivity index (χ3n) is 12.7. The van der Waals surface area contributed by atoms with Gasteiger partial charge in [0.1, 0.15) is 40.9 Å². The summed E-state index contributed by atoms with van der Waals surface area (Å²) in [6.07, 6.45) is 3.54. The third-order valence-corrected chi connectivity index (χ3v) is 13.1. The number of fused-ring (bicyclic) bond motifs is 2. The van der Waals surface area contributed by atoms with E-state index in [1.807, 2.05) is 40.7 Å². The fraction of sp³-hybridized carbons (Fsp3) is 0.659. The van der Waals surface area contributed by atoms with Crippen molar-refractivity contribution in [3.63, 3.8) is 0 Å². The number of aliphatic carboxylic acids is 1. The lowest BCUT2D eigenvalue weighted by molar-refractivity contribution is -0.157. The van der Waals surface area contributed by atoms with Gasteiger partial charge in [-0.15, -0.1) is 6.58 Å². The van der Waals surface area contributed by atoms with Crippen LogP contribution < -0.4 is 14.2 Å². The maximum Gasteiger partial charge on any atom is 0.310 e. The number of allylic oxidation sites excluding steroid dienone is 1. The summed E-state index contributed by atoms with van der Waals surface area (Å²) in [6, 6.07) is 4.30. The monoisotopic (exact) mass is 823 g/mol. The van der Waals surface area contributed by atoms with Crippen molar-refractivity contribution in [1.29, 1.82) is 0 Å². The number of carbonyl (C=O) groups excluding carboxylic acids is 3. The van der Waals surface area contributed by atoms with E-state index in [9.17, 15) is 24.3 Å². The molecule has 316 valence electrons. The molecule has 0 bridgehead atoms. The van der Waals surface area contributed by atoms with Crippen molar-refractivity contribution in [1.82, 2.24) is 14.8 Å². The molecule has 5 fully saturated rings. The van der Waals surface area contributed by atoms with E-state index in [-0.39, 0.29) is 61.5 Å². The van der Waals surface area contributed by atoms with Crippen molar-refractivity contribution in [2.45, 2.75) is 104 Å². The molecule has 2 aliphatic heterocycles. The minimum atomic E-state index is -1.26. The molecule has 8 atom stereocenters. The number of esters is 1. The van der Waals surface area contributed by atoms with Crippen LogP contribution in [0.1, 0.15) is 79.6 Å². The number of ketones is 1. The number of Topliss-reactive ketones (excluding diaryl/α,β-unsaturated/α-hetero) is 1. The van der Waals surface area contributed by atoms with Gasteiger partial charge in [0.15, 0.2) is 5.78 Å². The number of halogens is 1. The topological polar surface area (TPSA) is 154 Å². The van der Waals surface area contributed by atoms with Gasteiger partial charge < -0.3 is 33.7 Å². The molecule has 1 unspecified atom stereocenters. The second-order valence-corrected chi connectivity index (χ2v) is 18.7. The largest absolute Gasteiger partial charge is 0.491 e. The number of carbonyl (C=O) groups is 4. The molecule has 3 heterocycles. The van der Waals surface area contributed by atoms with Crippen LogP contribution >= 0.6 is 11.6 Å². The summed E-state index contributed by atoms with van der Waals surface area (Å²) in [7, 11) is 0. The third kappa shape index (κ3) is 9.26. The number of benzene rings is 1. The highest BCUT2D eigenvalue weighted by molar-refractivity contribution is 6.36. The number of rotatable bonds is 17. The predicted molar refractivity (Wildman–Crippen MR) is 216 cm³/mol. The molecule has 5 aliphatic rings. The van der Waals surface area contributed by atoms with Gasteiger partial charge in [-0.2, -0.15) is 0 Å². The molecule has 1 N–H and O–H groups in total. The normalized spacial score (nSPS) is 28.5. The van der Waals surface area contributed by atoms with E-state index in [1.165, 1.54) is 11.3 Å². The van der Waals surface area contributed by atoms with Gasteiger partial charge >= 0.3 is 11.9 Å². The van der Waals surface area contributed by atoms with Gasteiger partial charge in [-0.1, -0.05) is 38.4 Å². The van der Waals surface area contributed by atoms with Crippen LogP contribution in [0.2, 0.25) is 5.02 Å². The smallest absolute Gasteiger partial charge is 0.310 e. The fourth-order valence-electron chi connectivity index (χ4n) is 9.13. The number of morpholine rings is 1. The molecule has 1 amide bonds. The first-order valence-corrected chi connectivity index (χ1v) is 21.2. The van der Waals surface area contributed by atoms with Crippen molar-refractivity contribution < 1.29 is 48.0 Å². The zero-order chi connectivity index (χ0) is 41.5. The number of carboxylic acids is 1. The van der Waals surface area contributed by atoms with E-state index in [4.69, 9.17) is 40.3 Å². The van der Waals surface area contributed by atoms with E-state index in [1.54, 1.807) is 18.2 Å². The summed E-state index contributed by atoms with van der Waals surface area (Å²) < 4.78 is 30.2. The quantitative estimate of drug-likeness (QED) is 0.139. The first-order chi connectivity index (χ1) is 27.6. The number of amides is 1. The summed E-state index contributed by atoms with van der Waals surface area (Å²) in [6.45, 7) is 17.5. The SMILES string of the molecule is C=C[C@@H]1C[C@]1(CC(=O)[C@@H]1C[C@@H](Oc2cc(OC(C)C)nc3c(Cl)c(OCCN4CCOCC4)ccc23)CN1C(=O)[C@@H](CC(=O)OC1C[C@@H]2C[C@@H]2C1)C(C)(C)C)C(=O)O. The molecule has 0 radical (unpaired) electrons. The van der Waals surface area contributed by atoms with Gasteiger partial charge in [0.25, 0.3) is 0 Å². The lowest BCUT2D eigenvalue weighted by atomic mass is 9.77. The van der Waals surface area contributed by atoms with E-state index in [2.05, 4.69) is 11.5 Å². The molecule has 1 aromatic carbocycles. The van der Waals surface area contributed by atoms with Crippen LogP contribution in [-0.2, 0) is 28.7 Å². The fourth-order valence-corrected chi connectivity index (χ4v) is 9.40. The first kappa shape index (κ1) is 42.2. The summed E-state index contributed by atoms with van der Waals surface area (Å²) >= 11 is 6.97. The van der Waals surface area contributed by atoms with E-state index < -0.39 is 40.8 Å². The molecule has 7 rings (SSSR count). The number of aromatic nitrogens is 1. The zero-order valence-electron chi connectivity index (χ0n) is 34.4. The van der Waals surface area contributed by atoms with E-state index >= 15 is 0 Å². The van der Waals surface area contributed by atoms with Crippen molar-refractivity contribution in [3.8, 4) is 17.4 Å². The van der Waals surface area contributed by atoms with Crippen LogP contribution in [0.4, 0.5) is 0 Å². The number of pyridine rings is 1. The molecule has 2 saturated heterocycles. The van der Waals surface area contributed by atoms with E-state index in [0.29, 0.717) is 72.0 Å². The molecule has 13 nitrogen and oxygen atoms in total. The predicted octanol–water partition coefficient (Wildman–Crippen LogP) is 6.36. The first-order valence-electron chi connectivity index (χ1n) is 20.8. The van der Waals surface area contributed by atoms with Crippen LogP contribution in [0.3, 0.4) is 0 Å². The van der Waals surface area contributed by atoms with Crippen molar-refractivity contribution >= 4 is 46.1 Å². The average molecular weight is 824 g/mol. The van der Waals surface area contributed by atoms with Crippen LogP contribution in [0.5, 0.6) is 17.4 Å². The van der Waals surface area contributed by atoms with Crippen LogP contribution in [0.15, 0.2) is 30.9 Å². The summed E-state index contributed by atoms with van der Waals surface area (Å²) in [4.78, 5) is 63.4. The second kappa shape index (κ2) is 17.0. The Bertz CT molecular complexity index is 1900. The van der Waals surface area contributed by atoms with Crippen molar-refractivity contribution in [2.24, 2.45) is 34.5 Å². The number of hydrogen-bond acceptors (Lipinski definition) is 11. The maximum absolute atomic E-state index is 14.7. The Kier molecular flexibility index (Phi) is 12.3. The van der Waals surface area contributed by atoms with Crippen LogP contribution in [0, 0.1) is 34.5 Å². The van der Waals surface area contributed by atoms with Crippen LogP contribution in [-0.4, -0.2) is 114 Å². The number of nitrogens with zero attached hydrogens (tertiary/aromatic N) is 3. The highest BCUT2D eigenvalue weighted by atomic mass is 35.5. The Balaban J connectivity index is 1.14. The molecule has 3 saturated carbocycles. The number of hydrogen-bond donors (Lipinski definition) is 1. The maximum atomic E-state index is 14.7. The Labute approximate surface area is 345 Å². The molecule has 2 aromatic rings. The zero-order valence-corrected chi connectivity index (χ0v) is 35.1. The summed E-state index contributed by atoms with van der Waals surface area (Å²) in [5.74, 6) is -0.941. The minimum Gasteiger partial charge on any atom is -0.491 e. The number of carboxylic acid groups (broad SMARTS) is 1. The number of ether oxygens (including phenoxy) is 5. The Morgan fingerprint density at radius 2 is 1.79 bits per heavy atom. The molecule has 58 heavy (non-hydrogen) atoms. The Morgan fingerprint density at radius 1 is 1.07 bits per heavy atom. The molecular weight excluding hydrogens is 766 g/mol. The van der Waals surface area contributed by atoms with Gasteiger partial charge in [0.2, 0.25) is 11.8 Å². The number of likely N-dealkylation sites (tertiary alicyclic amines) is 1. The minimum absolute atomic E-state index is 0.0362. The summed E-state index contributed by atoms with van der Waals surface area (Å²) in [5.41, 5.74) is -1.50. The molecule has 1 aromatic heterocycles. The van der Waals surface area contributed by atoms with Gasteiger partial charge in [-0.25, -0.2) is 4.98 Å². The van der Waals surface area contributed by atoms with Gasteiger partial charge in [-0.05, 0) is 74.8 Å². The van der Waals surface area contributed by atoms with Gasteiger partial charge in [0.05, 0.1) is 49.7 Å².